The van der Waals surface area contributed by atoms with Gasteiger partial charge in [0, 0.05) is 48.1 Å². The molecule has 4 heteroatoms. The molecule has 1 aromatic heterocycles. The molecule has 4 rings (SSSR count). The van der Waals surface area contributed by atoms with Crippen LogP contribution in [0.4, 0.5) is 17.1 Å². The van der Waals surface area contributed by atoms with E-state index in [1.54, 1.807) is 0 Å². The van der Waals surface area contributed by atoms with Crippen molar-refractivity contribution in [3.05, 3.63) is 59.8 Å². The van der Waals surface area contributed by atoms with Crippen LogP contribution in [-0.2, 0) is 6.42 Å². The van der Waals surface area contributed by atoms with Crippen molar-refractivity contribution >= 4 is 28.0 Å². The molecule has 0 radical (unpaired) electrons. The summed E-state index contributed by atoms with van der Waals surface area (Å²) in [5, 5.41) is 4.87. The summed E-state index contributed by atoms with van der Waals surface area (Å²) in [6.07, 6.45) is 0.962. The van der Waals surface area contributed by atoms with Crippen LogP contribution in [0.1, 0.15) is 25.1 Å². The summed E-state index contributed by atoms with van der Waals surface area (Å²) >= 11 is 0. The molecule has 0 saturated carbocycles. The molecule has 1 unspecified atom stereocenters. The molecule has 0 amide bonds. The van der Waals surface area contributed by atoms with Crippen LogP contribution in [0.3, 0.4) is 0 Å². The second-order valence-electron chi connectivity index (χ2n) is 7.87. The zero-order valence-corrected chi connectivity index (χ0v) is 17.4. The number of aromatic nitrogens is 1. The van der Waals surface area contributed by atoms with E-state index in [1.165, 1.54) is 22.3 Å². The fourth-order valence-electron chi connectivity index (χ4n) is 4.13. The van der Waals surface area contributed by atoms with Crippen LogP contribution < -0.4 is 10.2 Å². The summed E-state index contributed by atoms with van der Waals surface area (Å²) in [5.41, 5.74) is 7.05. The van der Waals surface area contributed by atoms with Crippen molar-refractivity contribution in [3.63, 3.8) is 0 Å². The van der Waals surface area contributed by atoms with Gasteiger partial charge in [-0.05, 0) is 63.2 Å². The predicted molar refractivity (Wildman–Crippen MR) is 120 cm³/mol. The largest absolute Gasteiger partial charge is 0.369 e. The van der Waals surface area contributed by atoms with Crippen molar-refractivity contribution in [2.24, 2.45) is 0 Å². The summed E-state index contributed by atoms with van der Waals surface area (Å²) in [5.74, 6) is 0. The molecule has 2 aromatic carbocycles. The Morgan fingerprint density at radius 3 is 2.54 bits per heavy atom. The first-order valence-electron chi connectivity index (χ1n) is 10.3. The van der Waals surface area contributed by atoms with Crippen LogP contribution in [0, 0.1) is 6.92 Å². The van der Waals surface area contributed by atoms with Crippen LogP contribution in [0.2, 0.25) is 0 Å². The molecule has 0 bridgehead atoms. The minimum atomic E-state index is 0.588. The third kappa shape index (κ3) is 3.57. The highest BCUT2D eigenvalue weighted by molar-refractivity contribution is 5.95. The van der Waals surface area contributed by atoms with Crippen LogP contribution in [0.15, 0.2) is 48.5 Å². The number of anilines is 3. The van der Waals surface area contributed by atoms with E-state index in [2.05, 4.69) is 91.5 Å². The number of rotatable bonds is 4. The van der Waals surface area contributed by atoms with Crippen LogP contribution in [0.5, 0.6) is 0 Å². The lowest BCUT2D eigenvalue weighted by Gasteiger charge is -2.39. The molecule has 1 fully saturated rings. The molecule has 1 aliphatic rings. The Kier molecular flexibility index (Phi) is 5.23. The molecule has 0 spiro atoms. The summed E-state index contributed by atoms with van der Waals surface area (Å²) < 4.78 is 0. The number of benzene rings is 2. The lowest BCUT2D eigenvalue weighted by Crippen LogP contribution is -2.50. The van der Waals surface area contributed by atoms with Gasteiger partial charge < -0.3 is 15.1 Å². The SMILES string of the molecule is CCc1c(C)nc2ccccc2c1Nc1ccc(N2CCN(C)C(C)C2)cc1. The van der Waals surface area contributed by atoms with Gasteiger partial charge in [-0.3, -0.25) is 4.98 Å². The quantitative estimate of drug-likeness (QED) is 0.697. The summed E-state index contributed by atoms with van der Waals surface area (Å²) in [7, 11) is 2.21. The monoisotopic (exact) mass is 374 g/mol. The second-order valence-corrected chi connectivity index (χ2v) is 7.87. The first kappa shape index (κ1) is 18.8. The fourth-order valence-corrected chi connectivity index (χ4v) is 4.13. The van der Waals surface area contributed by atoms with E-state index in [-0.39, 0.29) is 0 Å². The number of fused-ring (bicyclic) bond motifs is 1. The topological polar surface area (TPSA) is 31.4 Å². The number of pyridine rings is 1. The number of hydrogen-bond acceptors (Lipinski definition) is 4. The van der Waals surface area contributed by atoms with Gasteiger partial charge in [-0.1, -0.05) is 25.1 Å². The number of aryl methyl sites for hydroxylation is 1. The number of likely N-dealkylation sites (N-methyl/N-ethyl adjacent to an activating group) is 1. The van der Waals surface area contributed by atoms with E-state index in [9.17, 15) is 0 Å². The van der Waals surface area contributed by atoms with Gasteiger partial charge in [0.1, 0.15) is 0 Å². The van der Waals surface area contributed by atoms with E-state index in [4.69, 9.17) is 4.98 Å². The highest BCUT2D eigenvalue weighted by Gasteiger charge is 2.20. The summed E-state index contributed by atoms with van der Waals surface area (Å²) in [6, 6.07) is 17.8. The molecule has 3 aromatic rings. The average molecular weight is 375 g/mol. The van der Waals surface area contributed by atoms with Crippen LogP contribution >= 0.6 is 0 Å². The van der Waals surface area contributed by atoms with Crippen molar-refractivity contribution in [2.75, 3.05) is 36.9 Å². The van der Waals surface area contributed by atoms with E-state index in [0.717, 1.165) is 43.0 Å². The van der Waals surface area contributed by atoms with Gasteiger partial charge in [0.15, 0.2) is 0 Å². The van der Waals surface area contributed by atoms with Gasteiger partial charge in [-0.2, -0.15) is 0 Å². The lowest BCUT2D eigenvalue weighted by atomic mass is 10.0. The maximum absolute atomic E-state index is 4.79. The number of piperazine rings is 1. The van der Waals surface area contributed by atoms with E-state index < -0.39 is 0 Å². The van der Waals surface area contributed by atoms with Gasteiger partial charge in [0.25, 0.3) is 0 Å². The van der Waals surface area contributed by atoms with Gasteiger partial charge >= 0.3 is 0 Å². The minimum absolute atomic E-state index is 0.588. The van der Waals surface area contributed by atoms with Crippen molar-refractivity contribution in [1.82, 2.24) is 9.88 Å². The van der Waals surface area contributed by atoms with Gasteiger partial charge in [0.05, 0.1) is 11.2 Å². The highest BCUT2D eigenvalue weighted by Crippen LogP contribution is 2.32. The lowest BCUT2D eigenvalue weighted by molar-refractivity contribution is 0.234. The number of nitrogens with one attached hydrogen (secondary N) is 1. The highest BCUT2D eigenvalue weighted by atomic mass is 15.3. The number of para-hydroxylation sites is 1. The molecule has 1 saturated heterocycles. The van der Waals surface area contributed by atoms with Crippen molar-refractivity contribution in [3.8, 4) is 0 Å². The van der Waals surface area contributed by atoms with Crippen molar-refractivity contribution in [1.29, 1.82) is 0 Å². The number of hydrogen-bond donors (Lipinski definition) is 1. The zero-order valence-electron chi connectivity index (χ0n) is 17.4. The third-order valence-corrected chi connectivity index (χ3v) is 6.02. The molecule has 28 heavy (non-hydrogen) atoms. The second kappa shape index (κ2) is 7.80. The molecule has 0 aliphatic carbocycles. The van der Waals surface area contributed by atoms with Crippen LogP contribution in [-0.4, -0.2) is 42.6 Å². The Morgan fingerprint density at radius 2 is 1.82 bits per heavy atom. The molecule has 1 aliphatic heterocycles. The van der Waals surface area contributed by atoms with Crippen LogP contribution in [0.25, 0.3) is 10.9 Å². The minimum Gasteiger partial charge on any atom is -0.369 e. The standard InChI is InChI=1S/C24H30N4/c1-5-21-18(3)25-23-9-7-6-8-22(23)24(21)26-19-10-12-20(13-11-19)28-15-14-27(4)17(2)16-28/h6-13,17H,5,14-16H2,1-4H3,(H,25,26). The molecule has 1 N–H and O–H groups in total. The predicted octanol–water partition coefficient (Wildman–Crippen LogP) is 4.99. The van der Waals surface area contributed by atoms with E-state index >= 15 is 0 Å². The Balaban J connectivity index is 1.62. The Hall–Kier alpha value is -2.59. The van der Waals surface area contributed by atoms with E-state index in [1.807, 2.05) is 0 Å². The first-order chi connectivity index (χ1) is 13.6. The van der Waals surface area contributed by atoms with Crippen molar-refractivity contribution < 1.29 is 0 Å². The average Bonchev–Trinajstić information content (AvgIpc) is 2.71. The molecule has 4 nitrogen and oxygen atoms in total. The number of nitrogens with zero attached hydrogens (tertiary/aromatic N) is 3. The Morgan fingerprint density at radius 1 is 1.07 bits per heavy atom. The maximum atomic E-state index is 4.79. The smallest absolute Gasteiger partial charge is 0.0726 e. The summed E-state index contributed by atoms with van der Waals surface area (Å²) in [4.78, 5) is 9.70. The third-order valence-electron chi connectivity index (χ3n) is 6.02. The first-order valence-corrected chi connectivity index (χ1v) is 10.3. The van der Waals surface area contributed by atoms with Gasteiger partial charge in [-0.15, -0.1) is 0 Å². The molecule has 146 valence electrons. The maximum Gasteiger partial charge on any atom is 0.0726 e. The Bertz CT molecular complexity index is 964. The molecule has 2 heterocycles. The fraction of sp³-hybridized carbons (Fsp3) is 0.375. The van der Waals surface area contributed by atoms with Gasteiger partial charge in [-0.25, -0.2) is 0 Å². The van der Waals surface area contributed by atoms with E-state index in [0.29, 0.717) is 6.04 Å². The molecular weight excluding hydrogens is 344 g/mol. The normalized spacial score (nSPS) is 17.9. The Labute approximate surface area is 168 Å². The summed E-state index contributed by atoms with van der Waals surface area (Å²) in [6.45, 7) is 9.88. The zero-order chi connectivity index (χ0) is 19.7. The molecule has 1 atom stereocenters. The molecular formula is C24H30N4. The van der Waals surface area contributed by atoms with Gasteiger partial charge in [0.2, 0.25) is 0 Å². The van der Waals surface area contributed by atoms with Crippen molar-refractivity contribution in [2.45, 2.75) is 33.2 Å².